The number of aryl methyl sites for hydroxylation is 1. The largest absolute Gasteiger partial charge is 0.495 e. The second-order valence-corrected chi connectivity index (χ2v) is 5.53. The minimum absolute atomic E-state index is 0.149. The number of carbonyl (C=O) groups is 2. The Bertz CT molecular complexity index is 749. The van der Waals surface area contributed by atoms with E-state index in [4.69, 9.17) is 16.3 Å². The molecule has 1 aromatic carbocycles. The van der Waals surface area contributed by atoms with Gasteiger partial charge in [0.05, 0.1) is 31.2 Å². The number of amides is 2. The lowest BCUT2D eigenvalue weighted by Crippen LogP contribution is -2.35. The first-order chi connectivity index (χ1) is 11.4. The molecule has 126 valence electrons. The summed E-state index contributed by atoms with van der Waals surface area (Å²) in [6.45, 7) is 1.63. The highest BCUT2D eigenvalue weighted by Gasteiger charge is 2.17. The van der Waals surface area contributed by atoms with Crippen molar-refractivity contribution < 1.29 is 14.3 Å². The van der Waals surface area contributed by atoms with Gasteiger partial charge >= 0.3 is 0 Å². The summed E-state index contributed by atoms with van der Waals surface area (Å²) in [7, 11) is 3.00. The van der Waals surface area contributed by atoms with E-state index in [2.05, 4.69) is 15.3 Å². The van der Waals surface area contributed by atoms with Crippen molar-refractivity contribution in [2.24, 2.45) is 0 Å². The Morgan fingerprint density at radius 3 is 2.67 bits per heavy atom. The van der Waals surface area contributed by atoms with Crippen molar-refractivity contribution in [3.8, 4) is 5.75 Å². The zero-order valence-corrected chi connectivity index (χ0v) is 14.3. The third-order valence-electron chi connectivity index (χ3n) is 3.16. The van der Waals surface area contributed by atoms with Gasteiger partial charge < -0.3 is 15.0 Å². The van der Waals surface area contributed by atoms with Crippen molar-refractivity contribution in [1.82, 2.24) is 14.9 Å². The van der Waals surface area contributed by atoms with Crippen LogP contribution in [-0.4, -0.2) is 47.4 Å². The molecule has 1 N–H and O–H groups in total. The van der Waals surface area contributed by atoms with E-state index in [9.17, 15) is 9.59 Å². The van der Waals surface area contributed by atoms with E-state index in [0.717, 1.165) is 0 Å². The van der Waals surface area contributed by atoms with Crippen LogP contribution in [0.25, 0.3) is 0 Å². The van der Waals surface area contributed by atoms with E-state index in [1.54, 1.807) is 25.1 Å². The first kappa shape index (κ1) is 17.7. The van der Waals surface area contributed by atoms with Crippen LogP contribution in [0, 0.1) is 6.92 Å². The van der Waals surface area contributed by atoms with Crippen LogP contribution in [0.3, 0.4) is 0 Å². The fraction of sp³-hybridized carbons (Fsp3) is 0.250. The number of rotatable bonds is 5. The van der Waals surface area contributed by atoms with Gasteiger partial charge in [-0.3, -0.25) is 14.6 Å². The molecule has 0 fully saturated rings. The first-order valence-corrected chi connectivity index (χ1v) is 7.46. The standard InChI is InChI=1S/C16H17ClN4O3/c1-10-7-19-13(8-18-10)16(23)21(2)9-15(22)20-12-6-11(17)4-5-14(12)24-3/h4-8H,9H2,1-3H3,(H,20,22). The third kappa shape index (κ3) is 4.42. The molecule has 0 saturated carbocycles. The van der Waals surface area contributed by atoms with Gasteiger partial charge in [0.1, 0.15) is 11.4 Å². The topological polar surface area (TPSA) is 84.4 Å². The number of ether oxygens (including phenoxy) is 1. The zero-order valence-electron chi connectivity index (χ0n) is 13.5. The second-order valence-electron chi connectivity index (χ2n) is 5.10. The average Bonchev–Trinajstić information content (AvgIpc) is 2.55. The molecule has 2 amide bonds. The van der Waals surface area contributed by atoms with Crippen LogP contribution in [0.5, 0.6) is 5.75 Å². The summed E-state index contributed by atoms with van der Waals surface area (Å²) < 4.78 is 5.16. The highest BCUT2D eigenvalue weighted by Crippen LogP contribution is 2.27. The van der Waals surface area contributed by atoms with Crippen molar-refractivity contribution >= 4 is 29.1 Å². The van der Waals surface area contributed by atoms with Gasteiger partial charge in [-0.2, -0.15) is 0 Å². The number of hydrogen-bond acceptors (Lipinski definition) is 5. The molecule has 0 atom stereocenters. The van der Waals surface area contributed by atoms with Gasteiger partial charge in [0, 0.05) is 18.3 Å². The number of hydrogen-bond donors (Lipinski definition) is 1. The highest BCUT2D eigenvalue weighted by atomic mass is 35.5. The Balaban J connectivity index is 2.02. The van der Waals surface area contributed by atoms with Crippen molar-refractivity contribution in [2.75, 3.05) is 26.0 Å². The predicted octanol–water partition coefficient (Wildman–Crippen LogP) is 2.16. The number of likely N-dealkylation sites (N-methyl/N-ethyl adjacent to an activating group) is 1. The smallest absolute Gasteiger partial charge is 0.274 e. The number of methoxy groups -OCH3 is 1. The van der Waals surface area contributed by atoms with E-state index >= 15 is 0 Å². The van der Waals surface area contributed by atoms with E-state index < -0.39 is 5.91 Å². The number of anilines is 1. The summed E-state index contributed by atoms with van der Waals surface area (Å²) in [5.41, 5.74) is 1.32. The molecule has 7 nitrogen and oxygen atoms in total. The fourth-order valence-electron chi connectivity index (χ4n) is 1.95. The Morgan fingerprint density at radius 1 is 1.29 bits per heavy atom. The molecule has 1 heterocycles. The van der Waals surface area contributed by atoms with Crippen LogP contribution in [0.4, 0.5) is 5.69 Å². The van der Waals surface area contributed by atoms with Gasteiger partial charge in [0.15, 0.2) is 0 Å². The molecular formula is C16H17ClN4O3. The van der Waals surface area contributed by atoms with Crippen LogP contribution >= 0.6 is 11.6 Å². The summed E-state index contributed by atoms with van der Waals surface area (Å²) >= 11 is 5.92. The lowest BCUT2D eigenvalue weighted by Gasteiger charge is -2.17. The summed E-state index contributed by atoms with van der Waals surface area (Å²) in [4.78, 5) is 33.7. The molecule has 0 unspecified atom stereocenters. The van der Waals surface area contributed by atoms with Crippen LogP contribution in [0.15, 0.2) is 30.6 Å². The Morgan fingerprint density at radius 2 is 2.04 bits per heavy atom. The lowest BCUT2D eigenvalue weighted by atomic mass is 10.3. The Hall–Kier alpha value is -2.67. The van der Waals surface area contributed by atoms with E-state index in [-0.39, 0.29) is 18.1 Å². The maximum atomic E-state index is 12.2. The van der Waals surface area contributed by atoms with E-state index in [1.165, 1.54) is 31.5 Å². The molecule has 8 heteroatoms. The van der Waals surface area contributed by atoms with Crippen molar-refractivity contribution in [3.63, 3.8) is 0 Å². The number of nitrogens with zero attached hydrogens (tertiary/aromatic N) is 3. The molecule has 0 aliphatic heterocycles. The maximum absolute atomic E-state index is 12.2. The fourth-order valence-corrected chi connectivity index (χ4v) is 2.13. The lowest BCUT2D eigenvalue weighted by molar-refractivity contribution is -0.116. The Labute approximate surface area is 144 Å². The quantitative estimate of drug-likeness (QED) is 0.895. The van der Waals surface area contributed by atoms with Crippen molar-refractivity contribution in [3.05, 3.63) is 47.0 Å². The van der Waals surface area contributed by atoms with Gasteiger partial charge in [-0.1, -0.05) is 11.6 Å². The molecule has 1 aromatic heterocycles. The molecule has 0 radical (unpaired) electrons. The van der Waals surface area contributed by atoms with Gasteiger partial charge in [0.25, 0.3) is 5.91 Å². The second kappa shape index (κ2) is 7.74. The predicted molar refractivity (Wildman–Crippen MR) is 90.4 cm³/mol. The Kier molecular flexibility index (Phi) is 5.70. The normalized spacial score (nSPS) is 10.2. The SMILES string of the molecule is COc1ccc(Cl)cc1NC(=O)CN(C)C(=O)c1cnc(C)cn1. The monoisotopic (exact) mass is 348 g/mol. The van der Waals surface area contributed by atoms with Crippen molar-refractivity contribution in [2.45, 2.75) is 6.92 Å². The first-order valence-electron chi connectivity index (χ1n) is 7.08. The third-order valence-corrected chi connectivity index (χ3v) is 3.40. The number of aromatic nitrogens is 2. The summed E-state index contributed by atoms with van der Waals surface area (Å²) in [5.74, 6) is -0.298. The minimum Gasteiger partial charge on any atom is -0.495 e. The summed E-state index contributed by atoms with van der Waals surface area (Å²) in [6, 6.07) is 4.88. The molecule has 0 aliphatic rings. The molecule has 0 bridgehead atoms. The number of halogens is 1. The van der Waals surface area contributed by atoms with E-state index in [0.29, 0.717) is 22.2 Å². The van der Waals surface area contributed by atoms with Gasteiger partial charge in [-0.25, -0.2) is 4.98 Å². The zero-order chi connectivity index (χ0) is 17.7. The number of nitrogens with one attached hydrogen (secondary N) is 1. The van der Waals surface area contributed by atoms with Gasteiger partial charge in [0.2, 0.25) is 5.91 Å². The molecule has 24 heavy (non-hydrogen) atoms. The van der Waals surface area contributed by atoms with Crippen LogP contribution in [0.2, 0.25) is 5.02 Å². The average molecular weight is 349 g/mol. The highest BCUT2D eigenvalue weighted by molar-refractivity contribution is 6.31. The minimum atomic E-state index is -0.393. The molecular weight excluding hydrogens is 332 g/mol. The van der Waals surface area contributed by atoms with Crippen LogP contribution < -0.4 is 10.1 Å². The van der Waals surface area contributed by atoms with Crippen LogP contribution in [-0.2, 0) is 4.79 Å². The molecule has 0 aliphatic carbocycles. The van der Waals surface area contributed by atoms with Crippen LogP contribution in [0.1, 0.15) is 16.2 Å². The van der Waals surface area contributed by atoms with E-state index in [1.807, 2.05) is 0 Å². The van der Waals surface area contributed by atoms with Gasteiger partial charge in [-0.15, -0.1) is 0 Å². The number of carbonyl (C=O) groups excluding carboxylic acids is 2. The summed E-state index contributed by atoms with van der Waals surface area (Å²) in [5, 5.41) is 3.13. The number of benzene rings is 1. The maximum Gasteiger partial charge on any atom is 0.274 e. The summed E-state index contributed by atoms with van der Waals surface area (Å²) in [6.07, 6.45) is 2.88. The van der Waals surface area contributed by atoms with Gasteiger partial charge in [-0.05, 0) is 25.1 Å². The molecule has 2 aromatic rings. The molecule has 2 rings (SSSR count). The molecule has 0 spiro atoms. The van der Waals surface area contributed by atoms with Crippen molar-refractivity contribution in [1.29, 1.82) is 0 Å². The molecule has 0 saturated heterocycles.